The molecule has 7 heteroatoms. The predicted molar refractivity (Wildman–Crippen MR) is 81.5 cm³/mol. The second kappa shape index (κ2) is 5.76. The number of benzene rings is 1. The lowest BCUT2D eigenvalue weighted by molar-refractivity contribution is -0.121. The van der Waals surface area contributed by atoms with Gasteiger partial charge in [0.1, 0.15) is 6.04 Å². The first-order chi connectivity index (χ1) is 8.90. The molecule has 3 N–H and O–H groups in total. The van der Waals surface area contributed by atoms with Crippen LogP contribution in [-0.2, 0) is 4.79 Å². The van der Waals surface area contributed by atoms with Gasteiger partial charge in [-0.15, -0.1) is 0 Å². The van der Waals surface area contributed by atoms with Crippen molar-refractivity contribution in [1.29, 1.82) is 0 Å². The van der Waals surface area contributed by atoms with Crippen molar-refractivity contribution in [3.05, 3.63) is 31.8 Å². The Kier molecular flexibility index (Phi) is 4.46. The van der Waals surface area contributed by atoms with Crippen molar-refractivity contribution < 1.29 is 14.7 Å². The maximum absolute atomic E-state index is 12.5. The molecule has 1 aromatic rings. The van der Waals surface area contributed by atoms with Crippen LogP contribution in [0.15, 0.2) is 22.7 Å². The van der Waals surface area contributed by atoms with E-state index >= 15 is 0 Å². The first kappa shape index (κ1) is 14.7. The summed E-state index contributed by atoms with van der Waals surface area (Å²) >= 11 is 5.43. The standard InChI is InChI=1S/C12H12BrIN2O3/c13-9-2-1-6(14)3-8(9)12(19)16-5-7(17)4-10(16)11(15)18/h1-3,7,10,17H,4-5H2,(H2,15,18). The van der Waals surface area contributed by atoms with Crippen LogP contribution in [0.5, 0.6) is 0 Å². The molecule has 0 spiro atoms. The van der Waals surface area contributed by atoms with E-state index in [-0.39, 0.29) is 18.9 Å². The van der Waals surface area contributed by atoms with Gasteiger partial charge in [0.15, 0.2) is 0 Å². The Hall–Kier alpha value is -0.670. The molecule has 0 bridgehead atoms. The zero-order chi connectivity index (χ0) is 14.2. The largest absolute Gasteiger partial charge is 0.391 e. The minimum atomic E-state index is -0.743. The summed E-state index contributed by atoms with van der Waals surface area (Å²) in [6.45, 7) is 0.129. The highest BCUT2D eigenvalue weighted by molar-refractivity contribution is 14.1. The number of hydrogen-bond donors (Lipinski definition) is 2. The molecule has 2 rings (SSSR count). The van der Waals surface area contributed by atoms with Gasteiger partial charge in [0, 0.05) is 21.0 Å². The van der Waals surface area contributed by atoms with Crippen molar-refractivity contribution in [2.75, 3.05) is 6.54 Å². The van der Waals surface area contributed by atoms with Crippen molar-refractivity contribution in [3.8, 4) is 0 Å². The van der Waals surface area contributed by atoms with Crippen LogP contribution in [-0.4, -0.2) is 40.5 Å². The van der Waals surface area contributed by atoms with E-state index in [9.17, 15) is 14.7 Å². The Morgan fingerprint density at radius 2 is 2.16 bits per heavy atom. The number of aliphatic hydroxyl groups is 1. The lowest BCUT2D eigenvalue weighted by Gasteiger charge is -2.22. The van der Waals surface area contributed by atoms with Gasteiger partial charge in [-0.3, -0.25) is 9.59 Å². The molecule has 1 heterocycles. The molecule has 1 aliphatic rings. The summed E-state index contributed by atoms with van der Waals surface area (Å²) in [5.74, 6) is -0.891. The van der Waals surface area contributed by atoms with Crippen LogP contribution in [0.2, 0.25) is 0 Å². The summed E-state index contributed by atoms with van der Waals surface area (Å²) in [5, 5.41) is 9.62. The molecule has 2 amide bonds. The van der Waals surface area contributed by atoms with Gasteiger partial charge in [-0.05, 0) is 56.7 Å². The third-order valence-electron chi connectivity index (χ3n) is 3.03. The van der Waals surface area contributed by atoms with E-state index < -0.39 is 18.1 Å². The molecule has 0 aliphatic carbocycles. The summed E-state index contributed by atoms with van der Waals surface area (Å²) in [6.07, 6.45) is -0.509. The second-order valence-corrected chi connectivity index (χ2v) is 6.49. The van der Waals surface area contributed by atoms with E-state index in [4.69, 9.17) is 5.73 Å². The molecule has 0 aromatic heterocycles. The van der Waals surface area contributed by atoms with Gasteiger partial charge in [-0.1, -0.05) is 0 Å². The highest BCUT2D eigenvalue weighted by atomic mass is 127. The van der Waals surface area contributed by atoms with Crippen LogP contribution in [0.4, 0.5) is 0 Å². The van der Waals surface area contributed by atoms with Crippen LogP contribution in [0.3, 0.4) is 0 Å². The highest BCUT2D eigenvalue weighted by Crippen LogP contribution is 2.25. The Morgan fingerprint density at radius 1 is 1.47 bits per heavy atom. The molecule has 1 saturated heterocycles. The molecule has 1 aliphatic heterocycles. The highest BCUT2D eigenvalue weighted by Gasteiger charge is 2.38. The fourth-order valence-electron chi connectivity index (χ4n) is 2.12. The second-order valence-electron chi connectivity index (χ2n) is 4.39. The summed E-state index contributed by atoms with van der Waals surface area (Å²) in [6, 6.07) is 4.63. The van der Waals surface area contributed by atoms with Gasteiger partial charge in [0.2, 0.25) is 5.91 Å². The summed E-state index contributed by atoms with van der Waals surface area (Å²) in [5.41, 5.74) is 5.74. The summed E-state index contributed by atoms with van der Waals surface area (Å²) < 4.78 is 1.57. The number of nitrogens with two attached hydrogens (primary N) is 1. The number of amides is 2. The average Bonchev–Trinajstić information content (AvgIpc) is 2.74. The van der Waals surface area contributed by atoms with E-state index in [0.29, 0.717) is 10.0 Å². The Labute approximate surface area is 132 Å². The Balaban J connectivity index is 2.33. The average molecular weight is 439 g/mol. The van der Waals surface area contributed by atoms with Gasteiger partial charge in [-0.25, -0.2) is 0 Å². The SMILES string of the molecule is NC(=O)C1CC(O)CN1C(=O)c1cc(I)ccc1Br. The molecule has 2 unspecified atom stereocenters. The molecule has 0 radical (unpaired) electrons. The van der Waals surface area contributed by atoms with Gasteiger partial charge in [0.25, 0.3) is 5.91 Å². The topological polar surface area (TPSA) is 83.6 Å². The van der Waals surface area contributed by atoms with Crippen molar-refractivity contribution in [3.63, 3.8) is 0 Å². The number of primary amides is 1. The lowest BCUT2D eigenvalue weighted by atomic mass is 10.1. The number of aliphatic hydroxyl groups excluding tert-OH is 1. The summed E-state index contributed by atoms with van der Waals surface area (Å²) in [4.78, 5) is 25.1. The number of nitrogens with zero attached hydrogens (tertiary/aromatic N) is 1. The molecule has 0 saturated carbocycles. The minimum Gasteiger partial charge on any atom is -0.391 e. The maximum atomic E-state index is 12.5. The van der Waals surface area contributed by atoms with Crippen LogP contribution in [0.25, 0.3) is 0 Å². The van der Waals surface area contributed by atoms with E-state index in [2.05, 4.69) is 38.5 Å². The van der Waals surface area contributed by atoms with Crippen molar-refractivity contribution in [2.45, 2.75) is 18.6 Å². The number of β-amino-alcohol motifs (C(OH)–C–C–N with tert-alkyl or cyclic N) is 1. The zero-order valence-electron chi connectivity index (χ0n) is 9.85. The molecule has 102 valence electrons. The maximum Gasteiger partial charge on any atom is 0.255 e. The zero-order valence-corrected chi connectivity index (χ0v) is 13.6. The van der Waals surface area contributed by atoms with Crippen LogP contribution in [0.1, 0.15) is 16.8 Å². The van der Waals surface area contributed by atoms with Gasteiger partial charge in [0.05, 0.1) is 11.7 Å². The van der Waals surface area contributed by atoms with E-state index in [0.717, 1.165) is 3.57 Å². The first-order valence-corrected chi connectivity index (χ1v) is 7.50. The number of carbonyl (C=O) groups excluding carboxylic acids is 2. The van der Waals surface area contributed by atoms with Crippen LogP contribution >= 0.6 is 38.5 Å². The molecular formula is C12H12BrIN2O3. The molecule has 1 fully saturated rings. The van der Waals surface area contributed by atoms with Crippen LogP contribution in [0, 0.1) is 3.57 Å². The smallest absolute Gasteiger partial charge is 0.255 e. The number of likely N-dealkylation sites (tertiary alicyclic amines) is 1. The molecule has 1 aromatic carbocycles. The third kappa shape index (κ3) is 3.09. The number of halogens is 2. The van der Waals surface area contributed by atoms with E-state index in [1.807, 2.05) is 6.07 Å². The van der Waals surface area contributed by atoms with Gasteiger partial charge in [-0.2, -0.15) is 0 Å². The normalized spacial score (nSPS) is 22.6. The van der Waals surface area contributed by atoms with Gasteiger partial charge < -0.3 is 15.7 Å². The quantitative estimate of drug-likeness (QED) is 0.678. The Morgan fingerprint density at radius 3 is 2.79 bits per heavy atom. The number of hydrogen-bond acceptors (Lipinski definition) is 3. The molecular weight excluding hydrogens is 427 g/mol. The minimum absolute atomic E-state index is 0.129. The molecule has 19 heavy (non-hydrogen) atoms. The Bertz CT molecular complexity index is 538. The predicted octanol–water partition coefficient (Wildman–Crippen LogP) is 1.11. The van der Waals surface area contributed by atoms with Crippen molar-refractivity contribution >= 4 is 50.3 Å². The molecule has 2 atom stereocenters. The number of rotatable bonds is 2. The summed E-state index contributed by atoms with van der Waals surface area (Å²) in [7, 11) is 0. The lowest BCUT2D eigenvalue weighted by Crippen LogP contribution is -2.43. The third-order valence-corrected chi connectivity index (χ3v) is 4.39. The van der Waals surface area contributed by atoms with Crippen molar-refractivity contribution in [2.24, 2.45) is 5.73 Å². The van der Waals surface area contributed by atoms with Crippen LogP contribution < -0.4 is 5.73 Å². The fourth-order valence-corrected chi connectivity index (χ4v) is 3.03. The van der Waals surface area contributed by atoms with E-state index in [1.165, 1.54) is 4.90 Å². The number of carbonyl (C=O) groups is 2. The van der Waals surface area contributed by atoms with Crippen molar-refractivity contribution in [1.82, 2.24) is 4.90 Å². The molecule has 5 nitrogen and oxygen atoms in total. The first-order valence-electron chi connectivity index (χ1n) is 5.63. The van der Waals surface area contributed by atoms with E-state index in [1.54, 1.807) is 12.1 Å². The fraction of sp³-hybridized carbons (Fsp3) is 0.333. The van der Waals surface area contributed by atoms with Gasteiger partial charge >= 0.3 is 0 Å². The monoisotopic (exact) mass is 438 g/mol.